The van der Waals surface area contributed by atoms with Gasteiger partial charge in [0.25, 0.3) is 0 Å². The fourth-order valence-electron chi connectivity index (χ4n) is 4.69. The third-order valence-electron chi connectivity index (χ3n) is 6.89. The quantitative estimate of drug-likeness (QED) is 0.0819. The standard InChI is InChI=1S/C37H36N4O3S2/c1-26-20-27(22-45-24-35(42)40-33-16-12-31(13-17-33)38-29-8-4-2-5-9-29)21-28(37(26)44)23-46-25-36(43)41-34-18-14-32(15-19-34)39-30-10-6-3-7-11-30/h2-21,38-39,44H,22-25H2,1H3,(H,40,42)(H,41,43). The normalized spacial score (nSPS) is 10.6. The number of amides is 2. The molecule has 0 aliphatic heterocycles. The van der Waals surface area contributed by atoms with Crippen molar-refractivity contribution in [2.24, 2.45) is 0 Å². The van der Waals surface area contributed by atoms with Gasteiger partial charge >= 0.3 is 0 Å². The molecule has 0 atom stereocenters. The summed E-state index contributed by atoms with van der Waals surface area (Å²) < 4.78 is 0. The van der Waals surface area contributed by atoms with Gasteiger partial charge < -0.3 is 26.4 Å². The third kappa shape index (κ3) is 10.1. The first-order valence-corrected chi connectivity index (χ1v) is 17.1. The summed E-state index contributed by atoms with van der Waals surface area (Å²) in [5, 5.41) is 23.2. The van der Waals surface area contributed by atoms with Crippen LogP contribution in [-0.4, -0.2) is 28.4 Å². The van der Waals surface area contributed by atoms with Crippen LogP contribution in [0.1, 0.15) is 16.7 Å². The average molecular weight is 649 g/mol. The van der Waals surface area contributed by atoms with E-state index in [1.54, 1.807) is 0 Å². The van der Waals surface area contributed by atoms with Crippen molar-refractivity contribution in [1.29, 1.82) is 0 Å². The summed E-state index contributed by atoms with van der Waals surface area (Å²) in [4.78, 5) is 25.1. The van der Waals surface area contributed by atoms with Gasteiger partial charge in [0.05, 0.1) is 11.5 Å². The number of benzene rings is 5. The maximum absolute atomic E-state index is 12.6. The van der Waals surface area contributed by atoms with Gasteiger partial charge in [0, 0.05) is 51.2 Å². The second-order valence-corrected chi connectivity index (χ2v) is 12.6. The van der Waals surface area contributed by atoms with Crippen molar-refractivity contribution in [2.45, 2.75) is 18.4 Å². The lowest BCUT2D eigenvalue weighted by atomic mass is 10.1. The van der Waals surface area contributed by atoms with Crippen LogP contribution in [-0.2, 0) is 21.1 Å². The molecule has 5 N–H and O–H groups in total. The van der Waals surface area contributed by atoms with Crippen molar-refractivity contribution < 1.29 is 14.7 Å². The third-order valence-corrected chi connectivity index (χ3v) is 8.88. The molecular formula is C37H36N4O3S2. The fraction of sp³-hybridized carbons (Fsp3) is 0.135. The summed E-state index contributed by atoms with van der Waals surface area (Å²) in [5.41, 5.74) is 7.92. The van der Waals surface area contributed by atoms with Crippen LogP contribution in [0, 0.1) is 6.92 Å². The summed E-state index contributed by atoms with van der Waals surface area (Å²) in [6, 6.07) is 38.9. The van der Waals surface area contributed by atoms with E-state index in [1.165, 1.54) is 23.5 Å². The van der Waals surface area contributed by atoms with E-state index in [-0.39, 0.29) is 23.3 Å². The largest absolute Gasteiger partial charge is 0.507 e. The molecule has 2 amide bonds. The highest BCUT2D eigenvalue weighted by atomic mass is 32.2. The molecule has 0 saturated carbocycles. The maximum Gasteiger partial charge on any atom is 0.234 e. The first kappa shape index (κ1) is 32.5. The van der Waals surface area contributed by atoms with E-state index in [9.17, 15) is 14.7 Å². The van der Waals surface area contributed by atoms with Crippen LogP contribution >= 0.6 is 23.5 Å². The van der Waals surface area contributed by atoms with E-state index >= 15 is 0 Å². The van der Waals surface area contributed by atoms with Crippen molar-refractivity contribution in [1.82, 2.24) is 0 Å². The van der Waals surface area contributed by atoms with Crippen LogP contribution in [0.5, 0.6) is 5.75 Å². The monoisotopic (exact) mass is 648 g/mol. The molecule has 0 saturated heterocycles. The van der Waals surface area contributed by atoms with Crippen molar-refractivity contribution >= 4 is 69.5 Å². The number of thioether (sulfide) groups is 2. The molecule has 0 spiro atoms. The second kappa shape index (κ2) is 16.5. The number of nitrogens with one attached hydrogen (secondary N) is 4. The number of carbonyl (C=O) groups excluding carboxylic acids is 2. The number of hydrogen-bond acceptors (Lipinski definition) is 7. The Morgan fingerprint density at radius 1 is 0.565 bits per heavy atom. The van der Waals surface area contributed by atoms with Crippen molar-refractivity contribution in [3.8, 4) is 5.75 Å². The molecule has 234 valence electrons. The zero-order valence-electron chi connectivity index (χ0n) is 25.5. The summed E-state index contributed by atoms with van der Waals surface area (Å²) in [7, 11) is 0. The Morgan fingerprint density at radius 2 is 0.978 bits per heavy atom. The van der Waals surface area contributed by atoms with Crippen molar-refractivity contribution in [3.05, 3.63) is 138 Å². The topological polar surface area (TPSA) is 102 Å². The van der Waals surface area contributed by atoms with E-state index in [2.05, 4.69) is 21.3 Å². The molecular weight excluding hydrogens is 613 g/mol. The number of phenolic OH excluding ortho intramolecular Hbond substituents is 1. The Bertz CT molecular complexity index is 1730. The number of anilines is 6. The Hall–Kier alpha value is -4.86. The van der Waals surface area contributed by atoms with Crippen LogP contribution in [0.15, 0.2) is 121 Å². The number of aromatic hydroxyl groups is 1. The fourth-order valence-corrected chi connectivity index (χ4v) is 6.25. The molecule has 5 aromatic carbocycles. The summed E-state index contributed by atoms with van der Waals surface area (Å²) in [5.74, 6) is 1.74. The van der Waals surface area contributed by atoms with Crippen LogP contribution in [0.3, 0.4) is 0 Å². The van der Waals surface area contributed by atoms with E-state index in [0.717, 1.165) is 50.8 Å². The van der Waals surface area contributed by atoms with Gasteiger partial charge in [0.1, 0.15) is 5.75 Å². The van der Waals surface area contributed by atoms with Crippen LogP contribution in [0.25, 0.3) is 0 Å². The molecule has 0 aliphatic rings. The number of hydrogen-bond donors (Lipinski definition) is 5. The van der Waals surface area contributed by atoms with E-state index in [1.807, 2.05) is 128 Å². The van der Waals surface area contributed by atoms with Gasteiger partial charge in [-0.05, 0) is 90.8 Å². The van der Waals surface area contributed by atoms with Gasteiger partial charge in [0.2, 0.25) is 11.8 Å². The van der Waals surface area contributed by atoms with Gasteiger partial charge in [-0.15, -0.1) is 23.5 Å². The molecule has 0 fully saturated rings. The Kier molecular flexibility index (Phi) is 11.6. The zero-order valence-corrected chi connectivity index (χ0v) is 27.1. The first-order chi connectivity index (χ1) is 22.4. The predicted molar refractivity (Wildman–Crippen MR) is 195 cm³/mol. The first-order valence-electron chi connectivity index (χ1n) is 14.8. The summed E-state index contributed by atoms with van der Waals surface area (Å²) in [6.45, 7) is 1.86. The van der Waals surface area contributed by atoms with Crippen LogP contribution in [0.2, 0.25) is 0 Å². The molecule has 9 heteroatoms. The lowest BCUT2D eigenvalue weighted by Gasteiger charge is -2.12. The number of phenols is 1. The second-order valence-electron chi connectivity index (χ2n) is 10.6. The smallest absolute Gasteiger partial charge is 0.234 e. The van der Waals surface area contributed by atoms with Crippen molar-refractivity contribution in [3.63, 3.8) is 0 Å². The zero-order chi connectivity index (χ0) is 32.1. The molecule has 0 unspecified atom stereocenters. The van der Waals surface area contributed by atoms with Gasteiger partial charge in [-0.1, -0.05) is 48.5 Å². The Morgan fingerprint density at radius 3 is 1.46 bits per heavy atom. The van der Waals surface area contributed by atoms with Gasteiger partial charge in [0.15, 0.2) is 0 Å². The molecule has 0 bridgehead atoms. The Labute approximate surface area is 278 Å². The summed E-state index contributed by atoms with van der Waals surface area (Å²) >= 11 is 2.95. The Balaban J connectivity index is 1.03. The minimum Gasteiger partial charge on any atom is -0.507 e. The average Bonchev–Trinajstić information content (AvgIpc) is 3.06. The molecule has 46 heavy (non-hydrogen) atoms. The number of aryl methyl sites for hydroxylation is 1. The molecule has 5 aromatic rings. The minimum absolute atomic E-state index is 0.0758. The number of carbonyl (C=O) groups is 2. The molecule has 0 aromatic heterocycles. The molecule has 0 heterocycles. The molecule has 7 nitrogen and oxygen atoms in total. The van der Waals surface area contributed by atoms with E-state index in [4.69, 9.17) is 0 Å². The minimum atomic E-state index is -0.107. The molecule has 0 aliphatic carbocycles. The number of para-hydroxylation sites is 2. The maximum atomic E-state index is 12.6. The highest BCUT2D eigenvalue weighted by molar-refractivity contribution is 7.99. The highest BCUT2D eigenvalue weighted by Crippen LogP contribution is 2.29. The van der Waals surface area contributed by atoms with Crippen LogP contribution < -0.4 is 21.3 Å². The molecule has 5 rings (SSSR count). The highest BCUT2D eigenvalue weighted by Gasteiger charge is 2.11. The lowest BCUT2D eigenvalue weighted by Crippen LogP contribution is -2.14. The lowest BCUT2D eigenvalue weighted by molar-refractivity contribution is -0.114. The predicted octanol–water partition coefficient (Wildman–Crippen LogP) is 8.93. The summed E-state index contributed by atoms with van der Waals surface area (Å²) in [6.07, 6.45) is 0. The molecule has 0 radical (unpaired) electrons. The van der Waals surface area contributed by atoms with Gasteiger partial charge in [-0.3, -0.25) is 9.59 Å². The van der Waals surface area contributed by atoms with E-state index < -0.39 is 0 Å². The SMILES string of the molecule is Cc1cc(CSCC(=O)Nc2ccc(Nc3ccccc3)cc2)cc(CSCC(=O)Nc2ccc(Nc3ccccc3)cc2)c1O. The van der Waals surface area contributed by atoms with Gasteiger partial charge in [-0.25, -0.2) is 0 Å². The van der Waals surface area contributed by atoms with Gasteiger partial charge in [-0.2, -0.15) is 0 Å². The van der Waals surface area contributed by atoms with Crippen LogP contribution in [0.4, 0.5) is 34.1 Å². The van der Waals surface area contributed by atoms with E-state index in [0.29, 0.717) is 17.3 Å². The number of rotatable bonds is 14. The van der Waals surface area contributed by atoms with Crippen molar-refractivity contribution in [2.75, 3.05) is 32.8 Å².